The number of benzene rings is 2. The fourth-order valence-corrected chi connectivity index (χ4v) is 5.74. The van der Waals surface area contributed by atoms with E-state index in [1.807, 2.05) is 0 Å². The summed E-state index contributed by atoms with van der Waals surface area (Å²) < 4.78 is 31.5. The highest BCUT2D eigenvalue weighted by Crippen LogP contribution is 2.24. The first-order valence-corrected chi connectivity index (χ1v) is 14.4. The fraction of sp³-hybridized carbons (Fsp3) is 0.321. The molecular weight excluding hydrogens is 568 g/mol. The van der Waals surface area contributed by atoms with Crippen molar-refractivity contribution in [2.45, 2.75) is 36.3 Å². The van der Waals surface area contributed by atoms with Crippen molar-refractivity contribution in [1.29, 1.82) is 0 Å². The topological polar surface area (TPSA) is 188 Å². The van der Waals surface area contributed by atoms with Crippen LogP contribution in [0.4, 0.5) is 0 Å². The molecule has 1 atom stereocenters. The van der Waals surface area contributed by atoms with Gasteiger partial charge in [0.1, 0.15) is 24.2 Å². The molecule has 0 bridgehead atoms. The molecule has 5 amide bonds. The second kappa shape index (κ2) is 14.8. The average molecular weight is 599 g/mol. The van der Waals surface area contributed by atoms with Gasteiger partial charge in [-0.1, -0.05) is 18.1 Å². The molecule has 2 aromatic rings. The SMILES string of the molecule is CC#CCOc1ccc(S(=O)(=O)C(CCCCNC(=O)CNC(=O)CN2C(=O)c3ccccc3C2=O)C(=O)NO)cc1. The van der Waals surface area contributed by atoms with Crippen LogP contribution in [-0.2, 0) is 24.2 Å². The molecule has 0 aromatic heterocycles. The van der Waals surface area contributed by atoms with Crippen molar-refractivity contribution in [3.05, 3.63) is 59.7 Å². The largest absolute Gasteiger partial charge is 0.481 e. The molecule has 3 rings (SSSR count). The van der Waals surface area contributed by atoms with Gasteiger partial charge in [-0.2, -0.15) is 0 Å². The van der Waals surface area contributed by atoms with Crippen molar-refractivity contribution in [2.75, 3.05) is 26.2 Å². The summed E-state index contributed by atoms with van der Waals surface area (Å²) in [6, 6.07) is 11.7. The zero-order valence-corrected chi connectivity index (χ0v) is 23.5. The van der Waals surface area contributed by atoms with Crippen LogP contribution >= 0.6 is 0 Å². The molecular formula is C28H30N4O9S. The molecule has 4 N–H and O–H groups in total. The Morgan fingerprint density at radius 2 is 1.60 bits per heavy atom. The standard InChI is InChI=1S/C28H30N4O9S/c1-2-3-16-41-19-11-13-20(14-12-19)42(39,40)23(26(35)31-38)10-6-7-15-29-24(33)17-30-25(34)18-32-27(36)21-8-4-5-9-22(21)28(32)37/h4-5,8-9,11-14,23,38H,6-7,10,15-18H2,1H3,(H,29,33)(H,30,34)(H,31,35). The van der Waals surface area contributed by atoms with Gasteiger partial charge in [0.15, 0.2) is 9.84 Å². The van der Waals surface area contributed by atoms with E-state index in [9.17, 15) is 32.4 Å². The minimum absolute atomic E-state index is 0.118. The summed E-state index contributed by atoms with van der Waals surface area (Å²) in [6.07, 6.45) is 0.372. The molecule has 14 heteroatoms. The molecule has 0 saturated carbocycles. The summed E-state index contributed by atoms with van der Waals surface area (Å²) in [6.45, 7) is 0.970. The maximum atomic E-state index is 13.1. The van der Waals surface area contributed by atoms with Crippen molar-refractivity contribution in [3.8, 4) is 17.6 Å². The van der Waals surface area contributed by atoms with Gasteiger partial charge in [-0.3, -0.25) is 34.1 Å². The van der Waals surface area contributed by atoms with E-state index in [2.05, 4.69) is 22.5 Å². The Labute approximate surface area is 242 Å². The van der Waals surface area contributed by atoms with Gasteiger partial charge in [-0.15, -0.1) is 5.92 Å². The smallest absolute Gasteiger partial charge is 0.262 e. The first-order chi connectivity index (χ1) is 20.1. The maximum absolute atomic E-state index is 13.1. The van der Waals surface area contributed by atoms with Gasteiger partial charge < -0.3 is 15.4 Å². The lowest BCUT2D eigenvalue weighted by Gasteiger charge is -2.16. The van der Waals surface area contributed by atoms with Crippen LogP contribution in [0, 0.1) is 11.8 Å². The summed E-state index contributed by atoms with van der Waals surface area (Å²) in [4.78, 5) is 61.9. The lowest BCUT2D eigenvalue weighted by atomic mass is 10.1. The summed E-state index contributed by atoms with van der Waals surface area (Å²) >= 11 is 0. The highest BCUT2D eigenvalue weighted by atomic mass is 32.2. The van der Waals surface area contributed by atoms with E-state index in [0.29, 0.717) is 12.2 Å². The molecule has 2 aromatic carbocycles. The van der Waals surface area contributed by atoms with Gasteiger partial charge in [-0.05, 0) is 62.6 Å². The van der Waals surface area contributed by atoms with E-state index in [1.54, 1.807) is 19.1 Å². The Morgan fingerprint density at radius 3 is 2.19 bits per heavy atom. The predicted molar refractivity (Wildman–Crippen MR) is 148 cm³/mol. The first kappa shape index (κ1) is 31.8. The molecule has 42 heavy (non-hydrogen) atoms. The fourth-order valence-electron chi connectivity index (χ4n) is 4.09. The molecule has 0 spiro atoms. The number of sulfone groups is 1. The van der Waals surface area contributed by atoms with E-state index in [-0.39, 0.29) is 42.0 Å². The van der Waals surface area contributed by atoms with Crippen molar-refractivity contribution in [2.24, 2.45) is 0 Å². The van der Waals surface area contributed by atoms with Gasteiger partial charge in [0, 0.05) is 6.54 Å². The van der Waals surface area contributed by atoms with Crippen LogP contribution in [0.25, 0.3) is 0 Å². The number of carbonyl (C=O) groups is 5. The zero-order valence-electron chi connectivity index (χ0n) is 22.7. The van der Waals surface area contributed by atoms with E-state index in [4.69, 9.17) is 9.94 Å². The van der Waals surface area contributed by atoms with Crippen molar-refractivity contribution in [3.63, 3.8) is 0 Å². The molecule has 1 unspecified atom stereocenters. The van der Waals surface area contributed by atoms with E-state index in [0.717, 1.165) is 4.90 Å². The Morgan fingerprint density at radius 1 is 0.952 bits per heavy atom. The molecule has 13 nitrogen and oxygen atoms in total. The van der Waals surface area contributed by atoms with Gasteiger partial charge in [0.05, 0.1) is 22.6 Å². The number of hydrogen-bond donors (Lipinski definition) is 4. The summed E-state index contributed by atoms with van der Waals surface area (Å²) in [5, 5.41) is 12.4. The minimum Gasteiger partial charge on any atom is -0.481 e. The molecule has 1 heterocycles. The number of nitrogens with one attached hydrogen (secondary N) is 3. The zero-order chi connectivity index (χ0) is 30.7. The second-order valence-corrected chi connectivity index (χ2v) is 11.2. The Balaban J connectivity index is 1.42. The minimum atomic E-state index is -4.15. The average Bonchev–Trinajstić information content (AvgIpc) is 3.22. The molecule has 0 radical (unpaired) electrons. The number of nitrogens with zero attached hydrogens (tertiary/aromatic N) is 1. The second-order valence-electron chi connectivity index (χ2n) is 9.06. The van der Waals surface area contributed by atoms with Crippen LogP contribution in [0.3, 0.4) is 0 Å². The van der Waals surface area contributed by atoms with E-state index >= 15 is 0 Å². The maximum Gasteiger partial charge on any atom is 0.262 e. The van der Waals surface area contributed by atoms with Crippen molar-refractivity contribution in [1.82, 2.24) is 21.0 Å². The third-order valence-electron chi connectivity index (χ3n) is 6.26. The molecule has 1 aliphatic heterocycles. The molecule has 0 saturated heterocycles. The number of hydroxylamine groups is 1. The van der Waals surface area contributed by atoms with Gasteiger partial charge >= 0.3 is 0 Å². The lowest BCUT2D eigenvalue weighted by Crippen LogP contribution is -2.44. The van der Waals surface area contributed by atoms with Gasteiger partial charge in [0.25, 0.3) is 17.7 Å². The normalized spacial score (nSPS) is 13.0. The predicted octanol–water partition coefficient (Wildman–Crippen LogP) is 0.435. The summed E-state index contributed by atoms with van der Waals surface area (Å²) in [7, 11) is -4.15. The molecule has 222 valence electrons. The molecule has 0 fully saturated rings. The monoisotopic (exact) mass is 598 g/mol. The Hall–Kier alpha value is -4.74. The molecule has 0 aliphatic carbocycles. The lowest BCUT2D eigenvalue weighted by molar-refractivity contribution is -0.129. The van der Waals surface area contributed by atoms with Crippen molar-refractivity contribution < 1.29 is 42.3 Å². The Kier molecular flexibility index (Phi) is 11.2. The number of carbonyl (C=O) groups excluding carboxylic acids is 5. The van der Waals surface area contributed by atoms with Crippen LogP contribution in [0.15, 0.2) is 53.4 Å². The number of hydrogen-bond acceptors (Lipinski definition) is 9. The first-order valence-electron chi connectivity index (χ1n) is 12.9. The van der Waals surface area contributed by atoms with Crippen molar-refractivity contribution >= 4 is 39.4 Å². The summed E-state index contributed by atoms with van der Waals surface area (Å²) in [5.74, 6) is 2.28. The highest BCUT2D eigenvalue weighted by Gasteiger charge is 2.36. The number of unbranched alkanes of at least 4 members (excludes halogenated alkanes) is 1. The van der Waals surface area contributed by atoms with Crippen LogP contribution in [-0.4, -0.2) is 79.6 Å². The van der Waals surface area contributed by atoms with E-state index < -0.39 is 57.7 Å². The highest BCUT2D eigenvalue weighted by molar-refractivity contribution is 7.92. The number of imide groups is 1. The van der Waals surface area contributed by atoms with Crippen LogP contribution in [0.2, 0.25) is 0 Å². The van der Waals surface area contributed by atoms with Crippen LogP contribution < -0.4 is 20.9 Å². The summed E-state index contributed by atoms with van der Waals surface area (Å²) in [5.41, 5.74) is 1.81. The third-order valence-corrected chi connectivity index (χ3v) is 8.39. The van der Waals surface area contributed by atoms with E-state index in [1.165, 1.54) is 41.9 Å². The Bertz CT molecular complexity index is 1480. The van der Waals surface area contributed by atoms with Crippen LogP contribution in [0.5, 0.6) is 5.75 Å². The van der Waals surface area contributed by atoms with Gasteiger partial charge in [-0.25, -0.2) is 13.9 Å². The number of rotatable bonds is 14. The molecule has 1 aliphatic rings. The quantitative estimate of drug-likeness (QED) is 0.0786. The number of fused-ring (bicyclic) bond motifs is 1. The third kappa shape index (κ3) is 7.93. The van der Waals surface area contributed by atoms with Crippen LogP contribution in [0.1, 0.15) is 46.9 Å². The van der Waals surface area contributed by atoms with Gasteiger partial charge in [0.2, 0.25) is 11.8 Å². The number of ether oxygens (including phenoxy) is 1. The number of amides is 5.